The van der Waals surface area contributed by atoms with Crippen LogP contribution in [0.25, 0.3) is 0 Å². The van der Waals surface area contributed by atoms with Crippen molar-refractivity contribution in [1.82, 2.24) is 0 Å². The number of carbonyl (C=O) groups is 1. The van der Waals surface area contributed by atoms with Gasteiger partial charge >= 0.3 is 5.97 Å². The van der Waals surface area contributed by atoms with Gasteiger partial charge in [-0.2, -0.15) is 0 Å². The molecule has 1 rings (SSSR count). The molecule has 1 N–H and O–H groups in total. The van der Waals surface area contributed by atoms with Gasteiger partial charge in [0.05, 0.1) is 14.2 Å². The van der Waals surface area contributed by atoms with Crippen molar-refractivity contribution in [3.05, 3.63) is 29.3 Å². The highest BCUT2D eigenvalue weighted by molar-refractivity contribution is 5.76. The molecule has 0 spiro atoms. The Labute approximate surface area is 88.4 Å². The zero-order chi connectivity index (χ0) is 11.4. The van der Waals surface area contributed by atoms with Crippen LogP contribution < -0.4 is 4.74 Å². The van der Waals surface area contributed by atoms with Crippen molar-refractivity contribution >= 4 is 5.97 Å². The molecule has 0 heterocycles. The van der Waals surface area contributed by atoms with Crippen molar-refractivity contribution < 1.29 is 19.4 Å². The summed E-state index contributed by atoms with van der Waals surface area (Å²) in [6.45, 7) is 1.88. The second kappa shape index (κ2) is 4.79. The molecule has 15 heavy (non-hydrogen) atoms. The first-order chi connectivity index (χ1) is 7.10. The molecule has 0 aliphatic rings. The van der Waals surface area contributed by atoms with Gasteiger partial charge in [0.15, 0.2) is 6.10 Å². The Morgan fingerprint density at radius 1 is 1.40 bits per heavy atom. The summed E-state index contributed by atoms with van der Waals surface area (Å²) >= 11 is 0. The first-order valence-electron chi connectivity index (χ1n) is 4.50. The van der Waals surface area contributed by atoms with E-state index in [0.29, 0.717) is 11.3 Å². The van der Waals surface area contributed by atoms with E-state index in [2.05, 4.69) is 4.74 Å². The third-order valence-electron chi connectivity index (χ3n) is 2.17. The van der Waals surface area contributed by atoms with E-state index in [9.17, 15) is 9.90 Å². The van der Waals surface area contributed by atoms with Crippen LogP contribution >= 0.6 is 0 Å². The number of benzene rings is 1. The van der Waals surface area contributed by atoms with E-state index >= 15 is 0 Å². The molecule has 1 unspecified atom stereocenters. The monoisotopic (exact) mass is 210 g/mol. The van der Waals surface area contributed by atoms with Gasteiger partial charge in [0.1, 0.15) is 5.75 Å². The quantitative estimate of drug-likeness (QED) is 0.762. The number of hydrogen-bond acceptors (Lipinski definition) is 4. The molecule has 4 heteroatoms. The van der Waals surface area contributed by atoms with Crippen LogP contribution in [-0.4, -0.2) is 25.3 Å². The minimum absolute atomic E-state index is 0.462. The molecule has 0 aromatic heterocycles. The molecule has 82 valence electrons. The Kier molecular flexibility index (Phi) is 3.68. The second-order valence-corrected chi connectivity index (χ2v) is 3.15. The lowest BCUT2D eigenvalue weighted by atomic mass is 10.1. The summed E-state index contributed by atoms with van der Waals surface area (Å²) in [6, 6.07) is 5.07. The van der Waals surface area contributed by atoms with E-state index in [1.54, 1.807) is 18.2 Å². The summed E-state index contributed by atoms with van der Waals surface area (Å²) in [4.78, 5) is 11.1. The Bertz CT molecular complexity index is 360. The molecular formula is C11H14O4. The van der Waals surface area contributed by atoms with Crippen molar-refractivity contribution in [2.24, 2.45) is 0 Å². The van der Waals surface area contributed by atoms with E-state index < -0.39 is 12.1 Å². The lowest BCUT2D eigenvalue weighted by Crippen LogP contribution is -2.13. The Morgan fingerprint density at radius 3 is 2.60 bits per heavy atom. The number of hydrogen-bond donors (Lipinski definition) is 1. The topological polar surface area (TPSA) is 55.8 Å². The zero-order valence-corrected chi connectivity index (χ0v) is 8.98. The van der Waals surface area contributed by atoms with Crippen LogP contribution in [0.2, 0.25) is 0 Å². The van der Waals surface area contributed by atoms with Crippen LogP contribution in [0.5, 0.6) is 5.75 Å². The molecule has 0 bridgehead atoms. The van der Waals surface area contributed by atoms with Gasteiger partial charge in [0, 0.05) is 0 Å². The van der Waals surface area contributed by atoms with Crippen molar-refractivity contribution in [2.75, 3.05) is 14.2 Å². The van der Waals surface area contributed by atoms with Gasteiger partial charge in [-0.15, -0.1) is 0 Å². The molecule has 4 nitrogen and oxygen atoms in total. The first-order valence-corrected chi connectivity index (χ1v) is 4.50. The molecule has 0 saturated heterocycles. The molecule has 1 atom stereocenters. The van der Waals surface area contributed by atoms with Crippen LogP contribution in [0.1, 0.15) is 17.2 Å². The molecule has 0 aliphatic carbocycles. The van der Waals surface area contributed by atoms with Crippen molar-refractivity contribution in [3.8, 4) is 5.75 Å². The summed E-state index contributed by atoms with van der Waals surface area (Å²) in [5.41, 5.74) is 1.41. The van der Waals surface area contributed by atoms with Crippen LogP contribution in [-0.2, 0) is 9.53 Å². The number of ether oxygens (including phenoxy) is 2. The standard InChI is InChI=1S/C11H14O4/c1-7-4-5-8(6-9(7)14-2)10(12)11(13)15-3/h4-6,10,12H,1-3H3. The highest BCUT2D eigenvalue weighted by Gasteiger charge is 2.18. The molecule has 1 aromatic carbocycles. The van der Waals surface area contributed by atoms with Crippen LogP contribution in [0, 0.1) is 6.92 Å². The number of carbonyl (C=O) groups excluding carboxylic acids is 1. The van der Waals surface area contributed by atoms with Crippen LogP contribution in [0.15, 0.2) is 18.2 Å². The summed E-state index contributed by atoms with van der Waals surface area (Å²) < 4.78 is 9.53. The van der Waals surface area contributed by atoms with E-state index in [1.807, 2.05) is 6.92 Å². The minimum Gasteiger partial charge on any atom is -0.496 e. The molecule has 0 aliphatic heterocycles. The van der Waals surface area contributed by atoms with Crippen LogP contribution in [0.4, 0.5) is 0 Å². The lowest BCUT2D eigenvalue weighted by Gasteiger charge is -2.11. The van der Waals surface area contributed by atoms with Gasteiger partial charge in [-0.25, -0.2) is 4.79 Å². The molecule has 0 saturated carbocycles. The highest BCUT2D eigenvalue weighted by Crippen LogP contribution is 2.23. The maximum Gasteiger partial charge on any atom is 0.339 e. The zero-order valence-electron chi connectivity index (χ0n) is 8.98. The van der Waals surface area contributed by atoms with Gasteiger partial charge in [-0.3, -0.25) is 0 Å². The molecule has 0 radical (unpaired) electrons. The fourth-order valence-corrected chi connectivity index (χ4v) is 1.25. The lowest BCUT2D eigenvalue weighted by molar-refractivity contribution is -0.150. The number of aliphatic hydroxyl groups is 1. The predicted molar refractivity (Wildman–Crippen MR) is 54.7 cm³/mol. The van der Waals surface area contributed by atoms with Gasteiger partial charge in [-0.1, -0.05) is 12.1 Å². The Balaban J connectivity index is 3.00. The first kappa shape index (κ1) is 11.5. The number of methoxy groups -OCH3 is 2. The largest absolute Gasteiger partial charge is 0.496 e. The fraction of sp³-hybridized carbons (Fsp3) is 0.364. The summed E-state index contributed by atoms with van der Waals surface area (Å²) in [5.74, 6) is -0.0450. The van der Waals surface area contributed by atoms with Crippen molar-refractivity contribution in [1.29, 1.82) is 0 Å². The third-order valence-corrected chi connectivity index (χ3v) is 2.17. The SMILES string of the molecule is COC(=O)C(O)c1ccc(C)c(OC)c1. The van der Waals surface area contributed by atoms with Crippen molar-refractivity contribution in [2.45, 2.75) is 13.0 Å². The van der Waals surface area contributed by atoms with Gasteiger partial charge in [-0.05, 0) is 24.1 Å². The Hall–Kier alpha value is -1.55. The third kappa shape index (κ3) is 2.47. The Morgan fingerprint density at radius 2 is 2.07 bits per heavy atom. The molecule has 1 aromatic rings. The maximum atomic E-state index is 11.1. The van der Waals surface area contributed by atoms with E-state index in [4.69, 9.17) is 4.74 Å². The maximum absolute atomic E-state index is 11.1. The number of rotatable bonds is 3. The molecule has 0 amide bonds. The summed E-state index contributed by atoms with van der Waals surface area (Å²) in [7, 11) is 2.77. The van der Waals surface area contributed by atoms with E-state index in [-0.39, 0.29) is 0 Å². The smallest absolute Gasteiger partial charge is 0.339 e. The highest BCUT2D eigenvalue weighted by atomic mass is 16.5. The van der Waals surface area contributed by atoms with Crippen molar-refractivity contribution in [3.63, 3.8) is 0 Å². The molecular weight excluding hydrogens is 196 g/mol. The number of esters is 1. The predicted octanol–water partition coefficient (Wildman–Crippen LogP) is 1.21. The minimum atomic E-state index is -1.26. The summed E-state index contributed by atoms with van der Waals surface area (Å²) in [6.07, 6.45) is -1.26. The average Bonchev–Trinajstić information content (AvgIpc) is 2.27. The van der Waals surface area contributed by atoms with Gasteiger partial charge in [0.25, 0.3) is 0 Å². The second-order valence-electron chi connectivity index (χ2n) is 3.15. The van der Waals surface area contributed by atoms with Gasteiger partial charge < -0.3 is 14.6 Å². The number of aliphatic hydroxyl groups excluding tert-OH is 1. The normalized spacial score (nSPS) is 12.0. The van der Waals surface area contributed by atoms with Gasteiger partial charge in [0.2, 0.25) is 0 Å². The van der Waals surface area contributed by atoms with E-state index in [1.165, 1.54) is 14.2 Å². The van der Waals surface area contributed by atoms with Crippen LogP contribution in [0.3, 0.4) is 0 Å². The number of aryl methyl sites for hydroxylation is 1. The average molecular weight is 210 g/mol. The summed E-state index contributed by atoms with van der Waals surface area (Å²) in [5, 5.41) is 9.57. The fourth-order valence-electron chi connectivity index (χ4n) is 1.25. The molecule has 0 fully saturated rings. The van der Waals surface area contributed by atoms with E-state index in [0.717, 1.165) is 5.56 Å².